The van der Waals surface area contributed by atoms with Gasteiger partial charge in [0.2, 0.25) is 11.8 Å². The van der Waals surface area contributed by atoms with Crippen LogP contribution in [0.25, 0.3) is 0 Å². The Bertz CT molecular complexity index is 485. The molecule has 2 amide bonds. The van der Waals surface area contributed by atoms with Crippen LogP contribution in [0.5, 0.6) is 0 Å². The monoisotopic (exact) mass is 290 g/mol. The summed E-state index contributed by atoms with van der Waals surface area (Å²) in [6.07, 6.45) is 2.44. The van der Waals surface area contributed by atoms with Gasteiger partial charge in [0.25, 0.3) is 0 Å². The average molecular weight is 290 g/mol. The van der Waals surface area contributed by atoms with Gasteiger partial charge in [-0.1, -0.05) is 25.5 Å². The van der Waals surface area contributed by atoms with Crippen LogP contribution in [0.15, 0.2) is 24.3 Å². The van der Waals surface area contributed by atoms with Gasteiger partial charge in [0.15, 0.2) is 0 Å². The van der Waals surface area contributed by atoms with E-state index in [4.69, 9.17) is 0 Å². The van der Waals surface area contributed by atoms with Crippen molar-refractivity contribution in [2.75, 3.05) is 25.0 Å². The molecule has 4 nitrogen and oxygen atoms in total. The van der Waals surface area contributed by atoms with Crippen LogP contribution in [0.2, 0.25) is 0 Å². The van der Waals surface area contributed by atoms with Crippen LogP contribution in [0.1, 0.15) is 38.7 Å². The topological polar surface area (TPSA) is 40.6 Å². The fourth-order valence-corrected chi connectivity index (χ4v) is 2.18. The lowest BCUT2D eigenvalue weighted by Gasteiger charge is -2.23. The summed E-state index contributed by atoms with van der Waals surface area (Å²) < 4.78 is 0. The number of aryl methyl sites for hydroxylation is 1. The zero-order chi connectivity index (χ0) is 15.8. The minimum absolute atomic E-state index is 0.0374. The Balaban J connectivity index is 2.64. The highest BCUT2D eigenvalue weighted by Crippen LogP contribution is 2.16. The van der Waals surface area contributed by atoms with Gasteiger partial charge in [0.05, 0.1) is 0 Å². The first-order valence-corrected chi connectivity index (χ1v) is 7.54. The van der Waals surface area contributed by atoms with Crippen LogP contribution in [-0.2, 0) is 9.59 Å². The smallest absolute Gasteiger partial charge is 0.224 e. The third kappa shape index (κ3) is 5.58. The van der Waals surface area contributed by atoms with Crippen LogP contribution in [0.3, 0.4) is 0 Å². The van der Waals surface area contributed by atoms with Gasteiger partial charge in [-0.15, -0.1) is 0 Å². The van der Waals surface area contributed by atoms with E-state index < -0.39 is 0 Å². The first-order valence-electron chi connectivity index (χ1n) is 7.54. The average Bonchev–Trinajstić information content (AvgIpc) is 2.44. The molecule has 0 saturated heterocycles. The van der Waals surface area contributed by atoms with Gasteiger partial charge in [-0.3, -0.25) is 9.59 Å². The number of rotatable bonds is 7. The Kier molecular flexibility index (Phi) is 6.92. The second kappa shape index (κ2) is 8.45. The number of hydrogen-bond donors (Lipinski definition) is 0. The molecule has 1 aromatic rings. The standard InChI is InChI=1S/C17H26N2O2/c1-5-6-11-18(4)17(21)10-12-19(15(3)20)16-9-7-8-14(2)13-16/h7-9,13H,5-6,10-12H2,1-4H3. The molecule has 1 aromatic carbocycles. The zero-order valence-corrected chi connectivity index (χ0v) is 13.6. The van der Waals surface area contributed by atoms with Crippen molar-refractivity contribution in [2.45, 2.75) is 40.0 Å². The molecule has 0 aliphatic heterocycles. The van der Waals surface area contributed by atoms with Crippen LogP contribution in [-0.4, -0.2) is 36.9 Å². The molecule has 0 bridgehead atoms. The molecule has 0 saturated carbocycles. The second-order valence-corrected chi connectivity index (χ2v) is 5.43. The Hall–Kier alpha value is -1.84. The van der Waals surface area contributed by atoms with Gasteiger partial charge in [-0.25, -0.2) is 0 Å². The van der Waals surface area contributed by atoms with Crippen molar-refractivity contribution in [2.24, 2.45) is 0 Å². The normalized spacial score (nSPS) is 10.3. The van der Waals surface area contributed by atoms with Crippen molar-refractivity contribution in [3.8, 4) is 0 Å². The number of nitrogens with zero attached hydrogens (tertiary/aromatic N) is 2. The molecule has 21 heavy (non-hydrogen) atoms. The van der Waals surface area contributed by atoms with Crippen molar-refractivity contribution in [1.82, 2.24) is 4.90 Å². The van der Waals surface area contributed by atoms with E-state index in [0.717, 1.165) is 30.6 Å². The van der Waals surface area contributed by atoms with E-state index in [1.54, 1.807) is 9.80 Å². The summed E-state index contributed by atoms with van der Waals surface area (Å²) in [5, 5.41) is 0. The molecule has 0 heterocycles. The predicted octanol–water partition coefficient (Wildman–Crippen LogP) is 3.00. The number of hydrogen-bond acceptors (Lipinski definition) is 2. The number of carbonyl (C=O) groups excluding carboxylic acids is 2. The van der Waals surface area contributed by atoms with E-state index in [9.17, 15) is 9.59 Å². The van der Waals surface area contributed by atoms with Crippen LogP contribution in [0.4, 0.5) is 5.69 Å². The summed E-state index contributed by atoms with van der Waals surface area (Å²) in [6.45, 7) is 6.83. The van der Waals surface area contributed by atoms with E-state index in [1.807, 2.05) is 38.2 Å². The van der Waals surface area contributed by atoms with E-state index in [1.165, 1.54) is 6.92 Å². The molecule has 0 aliphatic carbocycles. The number of unbranched alkanes of at least 4 members (excludes halogenated alkanes) is 1. The minimum atomic E-state index is -0.0374. The quantitative estimate of drug-likeness (QED) is 0.774. The highest BCUT2D eigenvalue weighted by Gasteiger charge is 2.15. The summed E-state index contributed by atoms with van der Waals surface area (Å²) in [5.41, 5.74) is 1.96. The lowest BCUT2D eigenvalue weighted by Crippen LogP contribution is -2.35. The van der Waals surface area contributed by atoms with Gasteiger partial charge in [0.1, 0.15) is 0 Å². The maximum Gasteiger partial charge on any atom is 0.224 e. The second-order valence-electron chi connectivity index (χ2n) is 5.43. The molecule has 0 radical (unpaired) electrons. The lowest BCUT2D eigenvalue weighted by atomic mass is 10.2. The van der Waals surface area contributed by atoms with Gasteiger partial charge in [0, 0.05) is 39.2 Å². The molecular weight excluding hydrogens is 264 g/mol. The van der Waals surface area contributed by atoms with Crippen molar-refractivity contribution in [1.29, 1.82) is 0 Å². The predicted molar refractivity (Wildman–Crippen MR) is 86.4 cm³/mol. The van der Waals surface area contributed by atoms with E-state index in [0.29, 0.717) is 13.0 Å². The molecule has 0 fully saturated rings. The molecule has 1 rings (SSSR count). The fraction of sp³-hybridized carbons (Fsp3) is 0.529. The third-order valence-corrected chi connectivity index (χ3v) is 3.52. The highest BCUT2D eigenvalue weighted by molar-refractivity contribution is 5.92. The number of anilines is 1. The maximum atomic E-state index is 12.1. The first kappa shape index (κ1) is 17.2. The lowest BCUT2D eigenvalue weighted by molar-refractivity contribution is -0.129. The van der Waals surface area contributed by atoms with Crippen LogP contribution >= 0.6 is 0 Å². The Morgan fingerprint density at radius 3 is 2.48 bits per heavy atom. The molecule has 0 spiro atoms. The highest BCUT2D eigenvalue weighted by atomic mass is 16.2. The van der Waals surface area contributed by atoms with E-state index in [-0.39, 0.29) is 11.8 Å². The van der Waals surface area contributed by atoms with E-state index in [2.05, 4.69) is 6.92 Å². The molecule has 4 heteroatoms. The Morgan fingerprint density at radius 1 is 1.19 bits per heavy atom. The summed E-state index contributed by atoms with van der Waals surface area (Å²) in [7, 11) is 1.82. The first-order chi connectivity index (χ1) is 9.95. The van der Waals surface area contributed by atoms with Crippen LogP contribution in [0, 0.1) is 6.92 Å². The third-order valence-electron chi connectivity index (χ3n) is 3.52. The van der Waals surface area contributed by atoms with Gasteiger partial charge >= 0.3 is 0 Å². The van der Waals surface area contributed by atoms with Crippen molar-refractivity contribution >= 4 is 17.5 Å². The SMILES string of the molecule is CCCCN(C)C(=O)CCN(C(C)=O)c1cccc(C)c1. The molecule has 116 valence electrons. The zero-order valence-electron chi connectivity index (χ0n) is 13.6. The molecule has 0 atom stereocenters. The van der Waals surface area contributed by atoms with E-state index >= 15 is 0 Å². The minimum Gasteiger partial charge on any atom is -0.346 e. The van der Waals surface area contributed by atoms with Crippen molar-refractivity contribution < 1.29 is 9.59 Å². The molecule has 0 aromatic heterocycles. The van der Waals surface area contributed by atoms with Crippen molar-refractivity contribution in [3.63, 3.8) is 0 Å². The summed E-state index contributed by atoms with van der Waals surface area (Å²) in [6, 6.07) is 7.79. The molecule has 0 N–H and O–H groups in total. The number of benzene rings is 1. The van der Waals surface area contributed by atoms with Gasteiger partial charge in [-0.2, -0.15) is 0 Å². The Labute approximate surface area is 127 Å². The summed E-state index contributed by atoms with van der Waals surface area (Å²) >= 11 is 0. The van der Waals surface area contributed by atoms with Gasteiger partial charge in [-0.05, 0) is 31.0 Å². The number of amides is 2. The fourth-order valence-electron chi connectivity index (χ4n) is 2.18. The molecule has 0 aliphatic rings. The maximum absolute atomic E-state index is 12.1. The summed E-state index contributed by atoms with van der Waals surface area (Å²) in [5.74, 6) is 0.0481. The largest absolute Gasteiger partial charge is 0.346 e. The Morgan fingerprint density at radius 2 is 1.90 bits per heavy atom. The number of carbonyl (C=O) groups is 2. The summed E-state index contributed by atoms with van der Waals surface area (Å²) in [4.78, 5) is 27.3. The van der Waals surface area contributed by atoms with Crippen molar-refractivity contribution in [3.05, 3.63) is 29.8 Å². The molecular formula is C17H26N2O2. The van der Waals surface area contributed by atoms with Gasteiger partial charge < -0.3 is 9.80 Å². The van der Waals surface area contributed by atoms with Crippen LogP contribution < -0.4 is 4.90 Å². The molecule has 0 unspecified atom stereocenters.